The minimum absolute atomic E-state index is 0.146. The van der Waals surface area contributed by atoms with E-state index in [0.29, 0.717) is 22.6 Å². The van der Waals surface area contributed by atoms with Crippen LogP contribution in [0.3, 0.4) is 0 Å². The first-order valence-corrected chi connectivity index (χ1v) is 11.1. The first kappa shape index (κ1) is 22.9. The number of carbonyl (C=O) groups is 3. The molecular formula is C27H26N4O3. The van der Waals surface area contributed by atoms with Crippen LogP contribution in [0.2, 0.25) is 0 Å². The third-order valence-corrected chi connectivity index (χ3v) is 5.75. The number of benzene rings is 3. The van der Waals surface area contributed by atoms with Crippen LogP contribution in [0.15, 0.2) is 71.8 Å². The number of hydrogen-bond acceptors (Lipinski definition) is 4. The average molecular weight is 455 g/mol. The van der Waals surface area contributed by atoms with Gasteiger partial charge in [-0.05, 0) is 67.8 Å². The van der Waals surface area contributed by atoms with E-state index in [9.17, 15) is 14.4 Å². The summed E-state index contributed by atoms with van der Waals surface area (Å²) in [5.74, 6) is -0.754. The minimum Gasteiger partial charge on any atom is -0.322 e. The van der Waals surface area contributed by atoms with Crippen LogP contribution < -0.4 is 15.6 Å². The SMILES string of the molecule is Cc1ccc(C)c(N2N=C(C(=O)Nc3cccc(NC(=O)c4ccccc4)c3C)CCC2=O)c1. The number of hydrogen-bond donors (Lipinski definition) is 2. The summed E-state index contributed by atoms with van der Waals surface area (Å²) in [4.78, 5) is 38.1. The lowest BCUT2D eigenvalue weighted by atomic mass is 10.1. The van der Waals surface area contributed by atoms with Crippen molar-refractivity contribution in [2.75, 3.05) is 15.6 Å². The molecule has 34 heavy (non-hydrogen) atoms. The quantitative estimate of drug-likeness (QED) is 0.569. The second kappa shape index (κ2) is 9.70. The molecule has 1 aliphatic rings. The Bertz CT molecular complexity index is 1300. The molecule has 172 valence electrons. The minimum atomic E-state index is -0.377. The van der Waals surface area contributed by atoms with Crippen LogP contribution in [0.1, 0.15) is 39.9 Å². The lowest BCUT2D eigenvalue weighted by Gasteiger charge is -2.25. The lowest BCUT2D eigenvalue weighted by Crippen LogP contribution is -2.36. The molecule has 0 atom stereocenters. The molecule has 0 saturated heterocycles. The first-order chi connectivity index (χ1) is 16.3. The van der Waals surface area contributed by atoms with Crippen molar-refractivity contribution in [3.63, 3.8) is 0 Å². The van der Waals surface area contributed by atoms with Crippen LogP contribution in [0.5, 0.6) is 0 Å². The number of nitrogens with zero attached hydrogens (tertiary/aromatic N) is 2. The molecule has 3 aromatic carbocycles. The van der Waals surface area contributed by atoms with Crippen molar-refractivity contribution >= 4 is 40.5 Å². The highest BCUT2D eigenvalue weighted by Gasteiger charge is 2.27. The largest absolute Gasteiger partial charge is 0.322 e. The molecule has 0 spiro atoms. The Labute approximate surface area is 198 Å². The molecule has 3 aromatic rings. The van der Waals surface area contributed by atoms with Crippen molar-refractivity contribution in [3.8, 4) is 0 Å². The summed E-state index contributed by atoms with van der Waals surface area (Å²) in [5.41, 5.74) is 5.30. The fourth-order valence-corrected chi connectivity index (χ4v) is 3.74. The maximum Gasteiger partial charge on any atom is 0.271 e. The van der Waals surface area contributed by atoms with Crippen molar-refractivity contribution in [1.29, 1.82) is 0 Å². The van der Waals surface area contributed by atoms with E-state index in [1.807, 2.05) is 45.0 Å². The van der Waals surface area contributed by atoms with Crippen molar-refractivity contribution in [1.82, 2.24) is 0 Å². The van der Waals surface area contributed by atoms with Crippen LogP contribution in [0.25, 0.3) is 0 Å². The summed E-state index contributed by atoms with van der Waals surface area (Å²) < 4.78 is 0. The Hall–Kier alpha value is -4.26. The van der Waals surface area contributed by atoms with Crippen LogP contribution in [0.4, 0.5) is 17.1 Å². The molecule has 0 aliphatic carbocycles. The fourth-order valence-electron chi connectivity index (χ4n) is 3.74. The Morgan fingerprint density at radius 1 is 0.824 bits per heavy atom. The summed E-state index contributed by atoms with van der Waals surface area (Å²) in [7, 11) is 0. The molecule has 7 heteroatoms. The monoisotopic (exact) mass is 454 g/mol. The first-order valence-electron chi connectivity index (χ1n) is 11.1. The summed E-state index contributed by atoms with van der Waals surface area (Å²) >= 11 is 0. The summed E-state index contributed by atoms with van der Waals surface area (Å²) in [6.07, 6.45) is 0.460. The number of aryl methyl sites for hydroxylation is 2. The Morgan fingerprint density at radius 3 is 2.21 bits per heavy atom. The van der Waals surface area contributed by atoms with E-state index in [1.54, 1.807) is 42.5 Å². The highest BCUT2D eigenvalue weighted by atomic mass is 16.2. The highest BCUT2D eigenvalue weighted by Crippen LogP contribution is 2.27. The van der Waals surface area contributed by atoms with Crippen molar-refractivity contribution < 1.29 is 14.4 Å². The molecule has 2 N–H and O–H groups in total. The molecule has 1 aliphatic heterocycles. The second-order valence-electron chi connectivity index (χ2n) is 8.29. The topological polar surface area (TPSA) is 90.9 Å². The standard InChI is InChI=1S/C27H26N4O3/c1-17-12-13-18(2)24(16-17)31-25(32)15-14-23(30-31)27(34)29-22-11-7-10-21(19(22)3)28-26(33)20-8-5-4-6-9-20/h4-13,16H,14-15H2,1-3H3,(H,28,33)(H,29,34). The van der Waals surface area contributed by atoms with Crippen LogP contribution in [-0.4, -0.2) is 23.4 Å². The zero-order valence-corrected chi connectivity index (χ0v) is 19.4. The Morgan fingerprint density at radius 2 is 1.50 bits per heavy atom. The third-order valence-electron chi connectivity index (χ3n) is 5.75. The Kier molecular flexibility index (Phi) is 6.54. The van der Waals surface area contributed by atoms with E-state index < -0.39 is 0 Å². The molecule has 1 heterocycles. The molecule has 0 aromatic heterocycles. The van der Waals surface area contributed by atoms with E-state index in [1.165, 1.54) is 5.01 Å². The summed E-state index contributed by atoms with van der Waals surface area (Å²) in [6.45, 7) is 5.68. The van der Waals surface area contributed by atoms with Gasteiger partial charge >= 0.3 is 0 Å². The summed E-state index contributed by atoms with van der Waals surface area (Å²) in [6, 6.07) is 20.0. The van der Waals surface area contributed by atoms with E-state index in [0.717, 1.165) is 16.7 Å². The van der Waals surface area contributed by atoms with Gasteiger partial charge in [0.1, 0.15) is 5.71 Å². The van der Waals surface area contributed by atoms with E-state index in [4.69, 9.17) is 0 Å². The predicted molar refractivity (Wildman–Crippen MR) is 134 cm³/mol. The maximum absolute atomic E-state index is 13.0. The molecule has 7 nitrogen and oxygen atoms in total. The van der Waals surface area contributed by atoms with Gasteiger partial charge in [0.25, 0.3) is 11.8 Å². The van der Waals surface area contributed by atoms with Crippen molar-refractivity contribution in [2.24, 2.45) is 5.10 Å². The van der Waals surface area contributed by atoms with Gasteiger partial charge < -0.3 is 10.6 Å². The van der Waals surface area contributed by atoms with Gasteiger partial charge in [0.05, 0.1) is 5.69 Å². The molecule has 0 saturated carbocycles. The zero-order valence-electron chi connectivity index (χ0n) is 19.4. The van der Waals surface area contributed by atoms with Gasteiger partial charge in [-0.25, -0.2) is 5.01 Å². The average Bonchev–Trinajstić information content (AvgIpc) is 2.84. The number of carbonyl (C=O) groups excluding carboxylic acids is 3. The van der Waals surface area contributed by atoms with Gasteiger partial charge in [0.2, 0.25) is 5.91 Å². The Balaban J connectivity index is 1.54. The zero-order chi connectivity index (χ0) is 24.2. The van der Waals surface area contributed by atoms with Gasteiger partial charge in [-0.15, -0.1) is 0 Å². The normalized spacial score (nSPS) is 13.3. The summed E-state index contributed by atoms with van der Waals surface area (Å²) in [5, 5.41) is 11.5. The predicted octanol–water partition coefficient (Wildman–Crippen LogP) is 4.99. The van der Waals surface area contributed by atoms with E-state index >= 15 is 0 Å². The molecule has 0 radical (unpaired) electrons. The molecule has 4 rings (SSSR count). The lowest BCUT2D eigenvalue weighted by molar-refractivity contribution is -0.118. The van der Waals surface area contributed by atoms with E-state index in [2.05, 4.69) is 15.7 Å². The maximum atomic E-state index is 13.0. The fraction of sp³-hybridized carbons (Fsp3) is 0.185. The number of nitrogens with one attached hydrogen (secondary N) is 2. The van der Waals surface area contributed by atoms with Gasteiger partial charge in [-0.1, -0.05) is 36.4 Å². The number of hydrazone groups is 1. The second-order valence-corrected chi connectivity index (χ2v) is 8.29. The van der Waals surface area contributed by atoms with Crippen LogP contribution >= 0.6 is 0 Å². The van der Waals surface area contributed by atoms with Gasteiger partial charge in [-0.2, -0.15) is 5.10 Å². The van der Waals surface area contributed by atoms with Crippen LogP contribution in [0, 0.1) is 20.8 Å². The highest BCUT2D eigenvalue weighted by molar-refractivity contribution is 6.44. The van der Waals surface area contributed by atoms with Gasteiger partial charge in [0, 0.05) is 29.8 Å². The van der Waals surface area contributed by atoms with Crippen LogP contribution in [-0.2, 0) is 9.59 Å². The molecule has 0 bridgehead atoms. The van der Waals surface area contributed by atoms with Crippen molar-refractivity contribution in [2.45, 2.75) is 33.6 Å². The van der Waals surface area contributed by atoms with Crippen molar-refractivity contribution in [3.05, 3.63) is 89.0 Å². The molecular weight excluding hydrogens is 428 g/mol. The number of rotatable bonds is 5. The molecule has 0 unspecified atom stereocenters. The molecule has 0 fully saturated rings. The van der Waals surface area contributed by atoms with E-state index in [-0.39, 0.29) is 36.3 Å². The number of anilines is 3. The smallest absolute Gasteiger partial charge is 0.271 e. The third kappa shape index (κ3) is 4.88. The van der Waals surface area contributed by atoms with Gasteiger partial charge in [0.15, 0.2) is 0 Å². The van der Waals surface area contributed by atoms with Gasteiger partial charge in [-0.3, -0.25) is 14.4 Å². The molecule has 3 amide bonds. The number of amides is 3.